The van der Waals surface area contributed by atoms with Crippen molar-refractivity contribution in [3.8, 4) is 0 Å². The molecule has 1 aromatic carbocycles. The van der Waals surface area contributed by atoms with Crippen LogP contribution in [0.15, 0.2) is 24.3 Å². The number of nitrogens with zero attached hydrogens (tertiary/aromatic N) is 1. The molecule has 1 aliphatic heterocycles. The second kappa shape index (κ2) is 9.20. The summed E-state index contributed by atoms with van der Waals surface area (Å²) < 4.78 is 23.1. The van der Waals surface area contributed by atoms with Crippen LogP contribution in [-0.2, 0) is 16.4 Å². The van der Waals surface area contributed by atoms with E-state index in [0.29, 0.717) is 37.2 Å². The Labute approximate surface area is 163 Å². The Balaban J connectivity index is 1.57. The minimum Gasteiger partial charge on any atom is -0.349 e. The minimum absolute atomic E-state index is 0.0199. The van der Waals surface area contributed by atoms with E-state index in [0.717, 1.165) is 12.0 Å². The number of hydrogen-bond acceptors (Lipinski definition) is 4. The summed E-state index contributed by atoms with van der Waals surface area (Å²) in [6.07, 6.45) is 7.16. The molecule has 2 aliphatic rings. The first kappa shape index (κ1) is 20.3. The SMILES string of the molecule is CCCCC1CCCC1NC(=O)c1cccc(CN2CCS(=O)(=O)CC2)c1. The van der Waals surface area contributed by atoms with Crippen LogP contribution in [0.1, 0.15) is 61.4 Å². The van der Waals surface area contributed by atoms with Crippen molar-refractivity contribution in [1.29, 1.82) is 0 Å². The molecule has 1 saturated carbocycles. The second-order valence-electron chi connectivity index (χ2n) is 8.04. The normalized spacial score (nSPS) is 25.4. The van der Waals surface area contributed by atoms with Crippen molar-refractivity contribution in [2.45, 2.75) is 58.0 Å². The van der Waals surface area contributed by atoms with Crippen LogP contribution in [0, 0.1) is 5.92 Å². The zero-order valence-electron chi connectivity index (χ0n) is 16.3. The second-order valence-corrected chi connectivity index (χ2v) is 10.3. The monoisotopic (exact) mass is 392 g/mol. The molecule has 1 aromatic rings. The summed E-state index contributed by atoms with van der Waals surface area (Å²) in [5, 5.41) is 3.26. The first-order valence-electron chi connectivity index (χ1n) is 10.3. The average molecular weight is 393 g/mol. The molecule has 1 heterocycles. The summed E-state index contributed by atoms with van der Waals surface area (Å²) in [5.74, 6) is 1.10. The van der Waals surface area contributed by atoms with Crippen LogP contribution in [0.4, 0.5) is 0 Å². The maximum Gasteiger partial charge on any atom is 0.251 e. The molecule has 1 amide bonds. The van der Waals surface area contributed by atoms with Crippen molar-refractivity contribution in [2.75, 3.05) is 24.6 Å². The molecule has 3 rings (SSSR count). The first-order chi connectivity index (χ1) is 13.0. The van der Waals surface area contributed by atoms with Crippen LogP contribution in [0.3, 0.4) is 0 Å². The van der Waals surface area contributed by atoms with Crippen molar-refractivity contribution in [2.24, 2.45) is 5.92 Å². The molecule has 0 aromatic heterocycles. The molecule has 2 unspecified atom stereocenters. The van der Waals surface area contributed by atoms with E-state index in [1.807, 2.05) is 24.3 Å². The number of hydrogen-bond donors (Lipinski definition) is 1. The Hall–Kier alpha value is -1.40. The highest BCUT2D eigenvalue weighted by molar-refractivity contribution is 7.91. The van der Waals surface area contributed by atoms with Crippen molar-refractivity contribution < 1.29 is 13.2 Å². The number of unbranched alkanes of at least 4 members (excludes halogenated alkanes) is 1. The molecule has 1 saturated heterocycles. The molecule has 0 spiro atoms. The van der Waals surface area contributed by atoms with Gasteiger partial charge in [0, 0.05) is 31.2 Å². The Kier molecular flexibility index (Phi) is 6.93. The van der Waals surface area contributed by atoms with Gasteiger partial charge < -0.3 is 5.32 Å². The summed E-state index contributed by atoms with van der Waals surface area (Å²) in [6.45, 7) is 4.05. The molecular formula is C21H32N2O3S. The third kappa shape index (κ3) is 5.79. The lowest BCUT2D eigenvalue weighted by Crippen LogP contribution is -2.39. The number of carbonyl (C=O) groups excluding carboxylic acids is 1. The van der Waals surface area contributed by atoms with E-state index in [-0.39, 0.29) is 17.4 Å². The summed E-state index contributed by atoms with van der Waals surface area (Å²) in [4.78, 5) is 14.9. The molecular weight excluding hydrogens is 360 g/mol. The first-order valence-corrected chi connectivity index (χ1v) is 12.1. The van der Waals surface area contributed by atoms with Crippen LogP contribution >= 0.6 is 0 Å². The van der Waals surface area contributed by atoms with E-state index in [4.69, 9.17) is 0 Å². The zero-order valence-corrected chi connectivity index (χ0v) is 17.1. The standard InChI is InChI=1S/C21H32N2O3S/c1-2-3-7-18-8-5-10-20(18)22-21(24)19-9-4-6-17(15-19)16-23-11-13-27(25,26)14-12-23/h4,6,9,15,18,20H,2-3,5,7-8,10-14,16H2,1H3,(H,22,24). The number of nitrogens with one attached hydrogen (secondary N) is 1. The summed E-state index contributed by atoms with van der Waals surface area (Å²) in [7, 11) is -2.86. The molecule has 1 N–H and O–H groups in total. The Bertz CT molecular complexity index is 734. The van der Waals surface area contributed by atoms with Crippen LogP contribution in [0.2, 0.25) is 0 Å². The van der Waals surface area contributed by atoms with E-state index < -0.39 is 9.84 Å². The lowest BCUT2D eigenvalue weighted by molar-refractivity contribution is 0.0926. The molecule has 2 fully saturated rings. The van der Waals surface area contributed by atoms with Gasteiger partial charge in [-0.2, -0.15) is 0 Å². The van der Waals surface area contributed by atoms with Gasteiger partial charge in [0.05, 0.1) is 11.5 Å². The number of sulfone groups is 1. The number of amides is 1. The topological polar surface area (TPSA) is 66.5 Å². The average Bonchev–Trinajstić information content (AvgIpc) is 3.09. The molecule has 27 heavy (non-hydrogen) atoms. The third-order valence-corrected chi connectivity index (χ3v) is 7.55. The highest BCUT2D eigenvalue weighted by Crippen LogP contribution is 2.30. The van der Waals surface area contributed by atoms with E-state index in [1.54, 1.807) is 0 Å². The van der Waals surface area contributed by atoms with Gasteiger partial charge in [-0.05, 0) is 42.9 Å². The van der Waals surface area contributed by atoms with Gasteiger partial charge in [0.1, 0.15) is 0 Å². The zero-order chi connectivity index (χ0) is 19.3. The Morgan fingerprint density at radius 1 is 1.22 bits per heavy atom. The van der Waals surface area contributed by atoms with E-state index in [1.165, 1.54) is 32.1 Å². The van der Waals surface area contributed by atoms with E-state index in [2.05, 4.69) is 17.1 Å². The summed E-state index contributed by atoms with van der Waals surface area (Å²) in [5.41, 5.74) is 1.77. The molecule has 0 radical (unpaired) electrons. The van der Waals surface area contributed by atoms with Crippen LogP contribution < -0.4 is 5.32 Å². The van der Waals surface area contributed by atoms with Crippen molar-refractivity contribution >= 4 is 15.7 Å². The fraction of sp³-hybridized carbons (Fsp3) is 0.667. The molecule has 2 atom stereocenters. The quantitative estimate of drug-likeness (QED) is 0.775. The molecule has 5 nitrogen and oxygen atoms in total. The predicted molar refractivity (Wildman–Crippen MR) is 108 cm³/mol. The molecule has 150 valence electrons. The van der Waals surface area contributed by atoms with Gasteiger partial charge in [-0.25, -0.2) is 8.42 Å². The number of carbonyl (C=O) groups is 1. The molecule has 0 bridgehead atoms. The van der Waals surface area contributed by atoms with Gasteiger partial charge >= 0.3 is 0 Å². The maximum atomic E-state index is 12.7. The summed E-state index contributed by atoms with van der Waals surface area (Å²) >= 11 is 0. The highest BCUT2D eigenvalue weighted by atomic mass is 32.2. The number of benzene rings is 1. The van der Waals surface area contributed by atoms with Crippen molar-refractivity contribution in [1.82, 2.24) is 10.2 Å². The fourth-order valence-corrected chi connectivity index (χ4v) is 5.54. The molecule has 6 heteroatoms. The van der Waals surface area contributed by atoms with Crippen molar-refractivity contribution in [3.05, 3.63) is 35.4 Å². The van der Waals surface area contributed by atoms with Crippen LogP contribution in [0.25, 0.3) is 0 Å². The van der Waals surface area contributed by atoms with Gasteiger partial charge in [0.2, 0.25) is 0 Å². The van der Waals surface area contributed by atoms with Crippen LogP contribution in [-0.4, -0.2) is 49.9 Å². The third-order valence-electron chi connectivity index (χ3n) is 5.94. The molecule has 1 aliphatic carbocycles. The van der Waals surface area contributed by atoms with Crippen molar-refractivity contribution in [3.63, 3.8) is 0 Å². The summed E-state index contributed by atoms with van der Waals surface area (Å²) in [6, 6.07) is 8.07. The van der Waals surface area contributed by atoms with Gasteiger partial charge in [-0.3, -0.25) is 9.69 Å². The minimum atomic E-state index is -2.86. The van der Waals surface area contributed by atoms with Gasteiger partial charge in [-0.15, -0.1) is 0 Å². The van der Waals surface area contributed by atoms with Gasteiger partial charge in [0.15, 0.2) is 9.84 Å². The Morgan fingerprint density at radius 3 is 2.74 bits per heavy atom. The van der Waals surface area contributed by atoms with Crippen LogP contribution in [0.5, 0.6) is 0 Å². The van der Waals surface area contributed by atoms with Gasteiger partial charge in [0.25, 0.3) is 5.91 Å². The number of rotatable bonds is 7. The maximum absolute atomic E-state index is 12.7. The smallest absolute Gasteiger partial charge is 0.251 e. The Morgan fingerprint density at radius 2 is 2.00 bits per heavy atom. The fourth-order valence-electron chi connectivity index (χ4n) is 4.27. The van der Waals surface area contributed by atoms with E-state index in [9.17, 15) is 13.2 Å². The largest absolute Gasteiger partial charge is 0.349 e. The van der Waals surface area contributed by atoms with Gasteiger partial charge in [-0.1, -0.05) is 38.3 Å². The highest BCUT2D eigenvalue weighted by Gasteiger charge is 2.28. The predicted octanol–water partition coefficient (Wildman–Crippen LogP) is 3.01. The van der Waals surface area contributed by atoms with E-state index >= 15 is 0 Å². The lowest BCUT2D eigenvalue weighted by atomic mass is 9.96. The lowest BCUT2D eigenvalue weighted by Gasteiger charge is -2.26.